The van der Waals surface area contributed by atoms with Crippen LogP contribution < -0.4 is 0 Å². The Labute approximate surface area is 110 Å². The molecule has 1 saturated carbocycles. The molecule has 0 amide bonds. The van der Waals surface area contributed by atoms with Gasteiger partial charge >= 0.3 is 0 Å². The zero-order valence-electron chi connectivity index (χ0n) is 12.1. The lowest BCUT2D eigenvalue weighted by atomic mass is 10.0. The zero-order valence-corrected chi connectivity index (χ0v) is 12.1. The molecule has 1 heterocycles. The van der Waals surface area contributed by atoms with E-state index in [2.05, 4.69) is 42.7 Å². The molecule has 3 nitrogen and oxygen atoms in total. The van der Waals surface area contributed by atoms with Crippen molar-refractivity contribution < 1.29 is 0 Å². The molecule has 1 aromatic rings. The average Bonchev–Trinajstić information content (AvgIpc) is 2.81. The van der Waals surface area contributed by atoms with Gasteiger partial charge in [0.1, 0.15) is 0 Å². The topological polar surface area (TPSA) is 30.7 Å². The first-order valence-corrected chi connectivity index (χ1v) is 7.52. The molecule has 3 unspecified atom stereocenters. The van der Waals surface area contributed by atoms with E-state index in [0.717, 1.165) is 30.1 Å². The normalized spacial score (nSPS) is 30.9. The Balaban J connectivity index is 1.79. The molecule has 100 valence electrons. The molecule has 0 saturated heterocycles. The van der Waals surface area contributed by atoms with Gasteiger partial charge in [0, 0.05) is 6.04 Å². The van der Waals surface area contributed by atoms with E-state index in [1.807, 2.05) is 0 Å². The second kappa shape index (κ2) is 4.36. The molecule has 18 heavy (non-hydrogen) atoms. The smallest absolute Gasteiger partial charge is 0.0859 e. The summed E-state index contributed by atoms with van der Waals surface area (Å²) in [7, 11) is 0. The number of nitrogens with zero attached hydrogens (tertiary/aromatic N) is 3. The van der Waals surface area contributed by atoms with Crippen LogP contribution in [0.1, 0.15) is 58.0 Å². The van der Waals surface area contributed by atoms with Crippen LogP contribution in [0.2, 0.25) is 0 Å². The third kappa shape index (κ3) is 1.88. The predicted molar refractivity (Wildman–Crippen MR) is 72.4 cm³/mol. The third-order valence-electron chi connectivity index (χ3n) is 4.96. The first kappa shape index (κ1) is 12.2. The molecule has 0 aromatic carbocycles. The summed E-state index contributed by atoms with van der Waals surface area (Å²) in [5.41, 5.74) is 2.69. The molecule has 3 heteroatoms. The van der Waals surface area contributed by atoms with Crippen LogP contribution in [0, 0.1) is 23.7 Å². The Morgan fingerprint density at radius 3 is 2.33 bits per heavy atom. The van der Waals surface area contributed by atoms with Crippen molar-refractivity contribution in [3.63, 3.8) is 0 Å². The maximum absolute atomic E-state index is 4.42. The van der Waals surface area contributed by atoms with E-state index in [1.54, 1.807) is 0 Å². The Kier molecular flexibility index (Phi) is 2.95. The maximum atomic E-state index is 4.42. The lowest BCUT2D eigenvalue weighted by molar-refractivity contribution is 0.472. The lowest BCUT2D eigenvalue weighted by Gasteiger charge is -2.12. The molecule has 0 spiro atoms. The molecule has 1 aromatic heterocycles. The summed E-state index contributed by atoms with van der Waals surface area (Å²) < 4.78 is 2.14. The standard InChI is InChI=1S/C15H25N3/c1-9(2)15-11-5-7-13-14(8-6-12(11)15)18(10(3)4)17-16-13/h9-12,15H,5-8H2,1-4H3. The van der Waals surface area contributed by atoms with E-state index >= 15 is 0 Å². The highest BCUT2D eigenvalue weighted by atomic mass is 15.4. The van der Waals surface area contributed by atoms with Gasteiger partial charge < -0.3 is 0 Å². The summed E-state index contributed by atoms with van der Waals surface area (Å²) >= 11 is 0. The summed E-state index contributed by atoms with van der Waals surface area (Å²) in [4.78, 5) is 0. The fourth-order valence-corrected chi connectivity index (χ4v) is 4.10. The van der Waals surface area contributed by atoms with E-state index < -0.39 is 0 Å². The predicted octanol–water partition coefficient (Wildman–Crippen LogP) is 3.26. The van der Waals surface area contributed by atoms with Crippen molar-refractivity contribution in [2.75, 3.05) is 0 Å². The van der Waals surface area contributed by atoms with Crippen molar-refractivity contribution in [1.29, 1.82) is 0 Å². The Bertz CT molecular complexity index is 433. The highest BCUT2D eigenvalue weighted by Gasteiger charge is 2.50. The summed E-state index contributed by atoms with van der Waals surface area (Å²) in [6, 6.07) is 0.441. The minimum atomic E-state index is 0.441. The molecule has 3 atom stereocenters. The lowest BCUT2D eigenvalue weighted by Crippen LogP contribution is -2.10. The average molecular weight is 247 g/mol. The van der Waals surface area contributed by atoms with Crippen LogP contribution in [0.4, 0.5) is 0 Å². The Hall–Kier alpha value is -0.860. The Morgan fingerprint density at radius 2 is 1.72 bits per heavy atom. The van der Waals surface area contributed by atoms with Crippen molar-refractivity contribution in [1.82, 2.24) is 15.0 Å². The van der Waals surface area contributed by atoms with Gasteiger partial charge in [-0.15, -0.1) is 5.10 Å². The van der Waals surface area contributed by atoms with Crippen LogP contribution in [0.3, 0.4) is 0 Å². The van der Waals surface area contributed by atoms with Crippen LogP contribution in [-0.4, -0.2) is 15.0 Å². The summed E-state index contributed by atoms with van der Waals surface area (Å²) in [5.74, 6) is 3.79. The molecule has 0 radical (unpaired) electrons. The third-order valence-corrected chi connectivity index (χ3v) is 4.96. The van der Waals surface area contributed by atoms with Crippen molar-refractivity contribution in [3.8, 4) is 0 Å². The van der Waals surface area contributed by atoms with E-state index in [0.29, 0.717) is 6.04 Å². The van der Waals surface area contributed by atoms with Crippen LogP contribution in [0.5, 0.6) is 0 Å². The largest absolute Gasteiger partial charge is 0.247 e. The van der Waals surface area contributed by atoms with Gasteiger partial charge in [0.15, 0.2) is 0 Å². The van der Waals surface area contributed by atoms with Crippen molar-refractivity contribution in [2.24, 2.45) is 23.7 Å². The maximum Gasteiger partial charge on any atom is 0.0859 e. The van der Waals surface area contributed by atoms with Gasteiger partial charge in [-0.3, -0.25) is 0 Å². The number of aromatic nitrogens is 3. The summed E-state index contributed by atoms with van der Waals surface area (Å²) in [5, 5.41) is 8.76. The van der Waals surface area contributed by atoms with Crippen molar-refractivity contribution in [3.05, 3.63) is 11.4 Å². The number of rotatable bonds is 2. The molecule has 3 rings (SSSR count). The van der Waals surface area contributed by atoms with E-state index in [4.69, 9.17) is 0 Å². The number of hydrogen-bond donors (Lipinski definition) is 0. The molecule has 0 bridgehead atoms. The van der Waals surface area contributed by atoms with Gasteiger partial charge in [-0.2, -0.15) is 0 Å². The molecular weight excluding hydrogens is 222 g/mol. The number of hydrogen-bond acceptors (Lipinski definition) is 2. The first-order valence-electron chi connectivity index (χ1n) is 7.52. The van der Waals surface area contributed by atoms with Gasteiger partial charge in [0.05, 0.1) is 11.4 Å². The monoisotopic (exact) mass is 247 g/mol. The van der Waals surface area contributed by atoms with Crippen LogP contribution >= 0.6 is 0 Å². The fraction of sp³-hybridized carbons (Fsp3) is 0.867. The second-order valence-corrected chi connectivity index (χ2v) is 6.75. The minimum Gasteiger partial charge on any atom is -0.247 e. The molecular formula is C15H25N3. The Morgan fingerprint density at radius 1 is 1.06 bits per heavy atom. The van der Waals surface area contributed by atoms with Gasteiger partial charge in [-0.25, -0.2) is 4.68 Å². The van der Waals surface area contributed by atoms with Gasteiger partial charge in [-0.05, 0) is 63.2 Å². The van der Waals surface area contributed by atoms with E-state index in [9.17, 15) is 0 Å². The van der Waals surface area contributed by atoms with Gasteiger partial charge in [0.2, 0.25) is 0 Å². The van der Waals surface area contributed by atoms with Gasteiger partial charge in [0.25, 0.3) is 0 Å². The highest BCUT2D eigenvalue weighted by molar-refractivity contribution is 5.15. The van der Waals surface area contributed by atoms with Crippen molar-refractivity contribution in [2.45, 2.75) is 59.4 Å². The molecule has 1 fully saturated rings. The quantitative estimate of drug-likeness (QED) is 0.803. The minimum absolute atomic E-state index is 0.441. The van der Waals surface area contributed by atoms with Crippen LogP contribution in [-0.2, 0) is 12.8 Å². The van der Waals surface area contributed by atoms with Crippen LogP contribution in [0.25, 0.3) is 0 Å². The molecule has 2 aliphatic rings. The number of aryl methyl sites for hydroxylation is 1. The number of fused-ring (bicyclic) bond motifs is 2. The molecule has 2 aliphatic carbocycles. The van der Waals surface area contributed by atoms with E-state index in [-0.39, 0.29) is 0 Å². The summed E-state index contributed by atoms with van der Waals surface area (Å²) in [6.07, 6.45) is 5.01. The zero-order chi connectivity index (χ0) is 12.9. The fourth-order valence-electron chi connectivity index (χ4n) is 4.10. The van der Waals surface area contributed by atoms with E-state index in [1.165, 1.54) is 30.7 Å². The molecule has 0 aliphatic heterocycles. The highest BCUT2D eigenvalue weighted by Crippen LogP contribution is 2.56. The van der Waals surface area contributed by atoms with Crippen LogP contribution in [0.15, 0.2) is 0 Å². The SMILES string of the molecule is CC(C)C1C2CCc3nnn(C(C)C)c3CCC21. The molecule has 0 N–H and O–H groups in total. The summed E-state index contributed by atoms with van der Waals surface area (Å²) in [6.45, 7) is 9.17. The van der Waals surface area contributed by atoms with Crippen molar-refractivity contribution >= 4 is 0 Å². The second-order valence-electron chi connectivity index (χ2n) is 6.75. The first-order chi connectivity index (χ1) is 8.59. The van der Waals surface area contributed by atoms with Gasteiger partial charge in [-0.1, -0.05) is 19.1 Å².